The van der Waals surface area contributed by atoms with Gasteiger partial charge in [-0.1, -0.05) is 74.5 Å². The van der Waals surface area contributed by atoms with Crippen molar-refractivity contribution < 1.29 is 4.79 Å². The summed E-state index contributed by atoms with van der Waals surface area (Å²) in [6.07, 6.45) is 1.53. The van der Waals surface area contributed by atoms with Gasteiger partial charge in [0.05, 0.1) is 5.69 Å². The van der Waals surface area contributed by atoms with E-state index in [2.05, 4.69) is 58.7 Å². The summed E-state index contributed by atoms with van der Waals surface area (Å²) < 4.78 is 0. The molecule has 0 atom stereocenters. The van der Waals surface area contributed by atoms with Crippen LogP contribution in [0, 0.1) is 0 Å². The average Bonchev–Trinajstić information content (AvgIpc) is 2.83. The van der Waals surface area contributed by atoms with Gasteiger partial charge in [-0.2, -0.15) is 0 Å². The van der Waals surface area contributed by atoms with Crippen LogP contribution in [0.4, 0.5) is 11.5 Å². The maximum Gasteiger partial charge on any atom is 0.251 e. The average molecular weight is 423 g/mol. The van der Waals surface area contributed by atoms with Crippen LogP contribution >= 0.6 is 0 Å². The monoisotopic (exact) mass is 422 g/mol. The quantitative estimate of drug-likeness (QED) is 0.387. The van der Waals surface area contributed by atoms with Crippen LogP contribution in [0.15, 0.2) is 91.3 Å². The van der Waals surface area contributed by atoms with Gasteiger partial charge in [0.2, 0.25) is 0 Å². The maximum atomic E-state index is 12.7. The molecule has 0 aliphatic heterocycles. The van der Waals surface area contributed by atoms with Crippen LogP contribution < -0.4 is 10.6 Å². The molecule has 5 nitrogen and oxygen atoms in total. The van der Waals surface area contributed by atoms with Crippen molar-refractivity contribution in [1.29, 1.82) is 0 Å². The second-order valence-electron chi connectivity index (χ2n) is 7.94. The van der Waals surface area contributed by atoms with E-state index < -0.39 is 0 Å². The summed E-state index contributed by atoms with van der Waals surface area (Å²) in [6, 6.07) is 27.6. The van der Waals surface area contributed by atoms with Crippen molar-refractivity contribution >= 4 is 17.4 Å². The van der Waals surface area contributed by atoms with E-state index in [9.17, 15) is 4.79 Å². The highest BCUT2D eigenvalue weighted by Gasteiger charge is 2.08. The molecule has 0 unspecified atom stereocenters. The predicted octanol–water partition coefficient (Wildman–Crippen LogP) is 5.94. The van der Waals surface area contributed by atoms with E-state index >= 15 is 0 Å². The lowest BCUT2D eigenvalue weighted by molar-refractivity contribution is 0.0951. The molecule has 1 amide bonds. The number of hydrogen-bond donors (Lipinski definition) is 2. The Morgan fingerprint density at radius 3 is 2.41 bits per heavy atom. The molecule has 1 aromatic heterocycles. The van der Waals surface area contributed by atoms with Gasteiger partial charge in [0, 0.05) is 29.4 Å². The fourth-order valence-corrected chi connectivity index (χ4v) is 3.38. The third kappa shape index (κ3) is 5.38. The number of anilines is 2. The fraction of sp³-hybridized carbons (Fsp3) is 0.148. The molecule has 0 fully saturated rings. The summed E-state index contributed by atoms with van der Waals surface area (Å²) in [6.45, 7) is 4.82. The zero-order chi connectivity index (χ0) is 22.3. The lowest BCUT2D eigenvalue weighted by atomic mass is 10.0. The molecule has 4 rings (SSSR count). The summed E-state index contributed by atoms with van der Waals surface area (Å²) in [7, 11) is 0. The van der Waals surface area contributed by atoms with Gasteiger partial charge in [0.25, 0.3) is 5.91 Å². The van der Waals surface area contributed by atoms with Gasteiger partial charge in [0.1, 0.15) is 12.1 Å². The van der Waals surface area contributed by atoms with E-state index in [1.165, 1.54) is 11.9 Å². The van der Waals surface area contributed by atoms with Crippen molar-refractivity contribution in [3.8, 4) is 11.3 Å². The Morgan fingerprint density at radius 2 is 1.66 bits per heavy atom. The molecule has 160 valence electrons. The largest absolute Gasteiger partial charge is 0.348 e. The molecule has 0 radical (unpaired) electrons. The maximum absolute atomic E-state index is 12.7. The number of carbonyl (C=O) groups excluding carboxylic acids is 1. The second kappa shape index (κ2) is 9.88. The highest BCUT2D eigenvalue weighted by Crippen LogP contribution is 2.21. The van der Waals surface area contributed by atoms with E-state index in [4.69, 9.17) is 0 Å². The zero-order valence-electron chi connectivity index (χ0n) is 18.2. The van der Waals surface area contributed by atoms with Crippen molar-refractivity contribution in [2.45, 2.75) is 26.3 Å². The standard InChI is InChI=1S/C27H26N4O/c1-19(2)21-13-11-20(12-14-21)17-28-27(32)23-9-6-10-24(15-23)31-26-16-25(29-18-30-26)22-7-4-3-5-8-22/h3-16,18-19H,17H2,1-2H3,(H,28,32)(H,29,30,31). The van der Waals surface area contributed by atoms with E-state index in [0.29, 0.717) is 23.8 Å². The van der Waals surface area contributed by atoms with Gasteiger partial charge in [-0.3, -0.25) is 4.79 Å². The van der Waals surface area contributed by atoms with Crippen molar-refractivity contribution in [3.63, 3.8) is 0 Å². The highest BCUT2D eigenvalue weighted by molar-refractivity contribution is 5.95. The molecule has 4 aromatic rings. The molecule has 0 saturated heterocycles. The molecule has 1 heterocycles. The number of carbonyl (C=O) groups is 1. The van der Waals surface area contributed by atoms with Crippen molar-refractivity contribution in [2.24, 2.45) is 0 Å². The number of rotatable bonds is 7. The first-order valence-corrected chi connectivity index (χ1v) is 10.7. The molecule has 0 bridgehead atoms. The van der Waals surface area contributed by atoms with Crippen LogP contribution in [0.25, 0.3) is 11.3 Å². The van der Waals surface area contributed by atoms with Gasteiger partial charge in [-0.05, 0) is 35.2 Å². The van der Waals surface area contributed by atoms with Gasteiger partial charge in [0.15, 0.2) is 0 Å². The predicted molar refractivity (Wildman–Crippen MR) is 129 cm³/mol. The number of nitrogens with zero attached hydrogens (tertiary/aromatic N) is 2. The zero-order valence-corrected chi connectivity index (χ0v) is 18.2. The highest BCUT2D eigenvalue weighted by atomic mass is 16.1. The minimum absolute atomic E-state index is 0.116. The van der Waals surface area contributed by atoms with Gasteiger partial charge in [-0.15, -0.1) is 0 Å². The smallest absolute Gasteiger partial charge is 0.251 e. The SMILES string of the molecule is CC(C)c1ccc(CNC(=O)c2cccc(Nc3cc(-c4ccccc4)ncn3)c2)cc1. The topological polar surface area (TPSA) is 66.9 Å². The normalized spacial score (nSPS) is 10.7. The Bertz CT molecular complexity index is 1190. The first-order valence-electron chi connectivity index (χ1n) is 10.7. The van der Waals surface area contributed by atoms with Crippen LogP contribution in [-0.2, 0) is 6.54 Å². The van der Waals surface area contributed by atoms with Crippen molar-refractivity contribution in [3.05, 3.63) is 108 Å². The van der Waals surface area contributed by atoms with Gasteiger partial charge < -0.3 is 10.6 Å². The van der Waals surface area contributed by atoms with Gasteiger partial charge >= 0.3 is 0 Å². The molecule has 0 spiro atoms. The van der Waals surface area contributed by atoms with E-state index in [1.807, 2.05) is 54.6 Å². The number of hydrogen-bond acceptors (Lipinski definition) is 4. The van der Waals surface area contributed by atoms with Crippen LogP contribution in [-0.4, -0.2) is 15.9 Å². The molecule has 0 saturated carbocycles. The van der Waals surface area contributed by atoms with Crippen molar-refractivity contribution in [1.82, 2.24) is 15.3 Å². The Hall–Kier alpha value is -3.99. The molecule has 3 aromatic carbocycles. The first kappa shape index (κ1) is 21.2. The summed E-state index contributed by atoms with van der Waals surface area (Å²) in [4.78, 5) is 21.3. The van der Waals surface area contributed by atoms with Gasteiger partial charge in [-0.25, -0.2) is 9.97 Å². The number of aromatic nitrogens is 2. The number of amides is 1. The Labute approximate surface area is 188 Å². The molecule has 0 aliphatic rings. The minimum Gasteiger partial charge on any atom is -0.348 e. The van der Waals surface area contributed by atoms with E-state index in [1.54, 1.807) is 6.07 Å². The lowest BCUT2D eigenvalue weighted by Crippen LogP contribution is -2.22. The lowest BCUT2D eigenvalue weighted by Gasteiger charge is -2.10. The van der Waals surface area contributed by atoms with Crippen LogP contribution in [0.2, 0.25) is 0 Å². The van der Waals surface area contributed by atoms with Crippen LogP contribution in [0.1, 0.15) is 41.3 Å². The Morgan fingerprint density at radius 1 is 0.875 bits per heavy atom. The number of benzene rings is 3. The van der Waals surface area contributed by atoms with Crippen molar-refractivity contribution in [2.75, 3.05) is 5.32 Å². The molecular weight excluding hydrogens is 396 g/mol. The van der Waals surface area contributed by atoms with Crippen LogP contribution in [0.3, 0.4) is 0 Å². The minimum atomic E-state index is -0.116. The molecule has 32 heavy (non-hydrogen) atoms. The molecule has 5 heteroatoms. The molecule has 0 aliphatic carbocycles. The molecule has 2 N–H and O–H groups in total. The Balaban J connectivity index is 1.41. The third-order valence-electron chi connectivity index (χ3n) is 5.23. The Kier molecular flexibility index (Phi) is 6.56. The van der Waals surface area contributed by atoms with E-state index in [-0.39, 0.29) is 5.91 Å². The van der Waals surface area contributed by atoms with E-state index in [0.717, 1.165) is 22.5 Å². The second-order valence-corrected chi connectivity index (χ2v) is 7.94. The fourth-order valence-electron chi connectivity index (χ4n) is 3.38. The number of nitrogens with one attached hydrogen (secondary N) is 2. The summed E-state index contributed by atoms with van der Waals surface area (Å²) in [5.74, 6) is 1.04. The van der Waals surface area contributed by atoms with Crippen LogP contribution in [0.5, 0.6) is 0 Å². The first-order chi connectivity index (χ1) is 15.6. The molecular formula is C27H26N4O. The third-order valence-corrected chi connectivity index (χ3v) is 5.23. The summed E-state index contributed by atoms with van der Waals surface area (Å²) in [5.41, 5.74) is 5.60. The summed E-state index contributed by atoms with van der Waals surface area (Å²) in [5, 5.41) is 6.26. The summed E-state index contributed by atoms with van der Waals surface area (Å²) >= 11 is 0.